The minimum atomic E-state index is -0.999. The zero-order chi connectivity index (χ0) is 24.8. The average Bonchev–Trinajstić information content (AvgIpc) is 3.38. The fourth-order valence-corrected chi connectivity index (χ4v) is 4.79. The molecular weight excluding hydrogens is 460 g/mol. The maximum Gasteiger partial charge on any atom is 0.304 e. The van der Waals surface area contributed by atoms with Crippen LogP contribution in [0.2, 0.25) is 0 Å². The topological polar surface area (TPSA) is 79.7 Å². The Hall–Kier alpha value is -3.97. The van der Waals surface area contributed by atoms with E-state index in [1.807, 2.05) is 84.2 Å². The summed E-state index contributed by atoms with van der Waals surface area (Å²) >= 11 is 1.36. The number of carboxylic acids is 1. The molecule has 4 aromatic rings. The van der Waals surface area contributed by atoms with Gasteiger partial charge in [0, 0.05) is 18.0 Å². The summed E-state index contributed by atoms with van der Waals surface area (Å²) in [5, 5.41) is 11.8. The molecule has 1 atom stereocenters. The Bertz CT molecular complexity index is 1300. The fraction of sp³-hybridized carbons (Fsp3) is 0.179. The SMILES string of the molecule is COc1ccc(-c2ccccc2-c2csc(N(C)C(=O)C(CC(=O)O)Cc3ccccc3)n2)cc1. The number of thiazole rings is 1. The predicted molar refractivity (Wildman–Crippen MR) is 139 cm³/mol. The van der Waals surface area contributed by atoms with Crippen molar-refractivity contribution in [3.05, 3.63) is 89.8 Å². The van der Waals surface area contributed by atoms with E-state index in [1.54, 1.807) is 14.2 Å². The molecule has 0 radical (unpaired) electrons. The first kappa shape index (κ1) is 24.2. The average molecular weight is 487 g/mol. The number of aliphatic carboxylic acids is 1. The standard InChI is InChI=1S/C28H26N2O4S/c1-30(27(33)21(17-26(31)32)16-19-8-4-3-5-9-19)28-29-25(18-35-28)24-11-7-6-10-23(24)20-12-14-22(34-2)15-13-20/h3-15,18,21H,16-17H2,1-2H3,(H,31,32). The Morgan fingerprint density at radius 3 is 2.29 bits per heavy atom. The molecule has 178 valence electrons. The zero-order valence-corrected chi connectivity index (χ0v) is 20.4. The molecule has 0 saturated carbocycles. The number of carbonyl (C=O) groups excluding carboxylic acids is 1. The van der Waals surface area contributed by atoms with Gasteiger partial charge in [-0.2, -0.15) is 0 Å². The van der Waals surface area contributed by atoms with Gasteiger partial charge in [-0.25, -0.2) is 4.98 Å². The van der Waals surface area contributed by atoms with Gasteiger partial charge in [-0.1, -0.05) is 66.7 Å². The number of amides is 1. The molecular formula is C28H26N2O4S. The molecule has 1 unspecified atom stereocenters. The van der Waals surface area contributed by atoms with E-state index >= 15 is 0 Å². The van der Waals surface area contributed by atoms with Crippen LogP contribution in [0.25, 0.3) is 22.4 Å². The predicted octanol–water partition coefficient (Wildman–Crippen LogP) is 5.78. The van der Waals surface area contributed by atoms with Gasteiger partial charge in [0.15, 0.2) is 5.13 Å². The molecule has 1 heterocycles. The molecule has 6 nitrogen and oxygen atoms in total. The van der Waals surface area contributed by atoms with Crippen molar-refractivity contribution in [3.8, 4) is 28.1 Å². The van der Waals surface area contributed by atoms with Crippen molar-refractivity contribution < 1.29 is 19.4 Å². The summed E-state index contributed by atoms with van der Waals surface area (Å²) in [6, 6.07) is 25.3. The maximum absolute atomic E-state index is 13.3. The Labute approximate surface area is 208 Å². The molecule has 7 heteroatoms. The second-order valence-electron chi connectivity index (χ2n) is 8.17. The first-order valence-electron chi connectivity index (χ1n) is 11.2. The summed E-state index contributed by atoms with van der Waals surface area (Å²) in [5.74, 6) is -1.16. The Kier molecular flexibility index (Phi) is 7.57. The van der Waals surface area contributed by atoms with Crippen LogP contribution in [-0.2, 0) is 16.0 Å². The van der Waals surface area contributed by atoms with Gasteiger partial charge in [0.25, 0.3) is 0 Å². The molecule has 0 aliphatic carbocycles. The third-order valence-electron chi connectivity index (χ3n) is 5.81. The summed E-state index contributed by atoms with van der Waals surface area (Å²) in [6.07, 6.45) is 0.117. The van der Waals surface area contributed by atoms with E-state index in [-0.39, 0.29) is 12.3 Å². The minimum absolute atomic E-state index is 0.239. The molecule has 3 aromatic carbocycles. The Morgan fingerprint density at radius 1 is 0.971 bits per heavy atom. The number of rotatable bonds is 9. The highest BCUT2D eigenvalue weighted by molar-refractivity contribution is 7.14. The van der Waals surface area contributed by atoms with Crippen LogP contribution in [0.15, 0.2) is 84.2 Å². The van der Waals surface area contributed by atoms with E-state index in [9.17, 15) is 14.7 Å². The van der Waals surface area contributed by atoms with E-state index in [0.29, 0.717) is 11.6 Å². The Balaban J connectivity index is 1.59. The lowest BCUT2D eigenvalue weighted by molar-refractivity contribution is -0.140. The highest BCUT2D eigenvalue weighted by Gasteiger charge is 2.27. The van der Waals surface area contributed by atoms with Gasteiger partial charge < -0.3 is 9.84 Å². The second-order valence-corrected chi connectivity index (χ2v) is 9.01. The quantitative estimate of drug-likeness (QED) is 0.324. The summed E-state index contributed by atoms with van der Waals surface area (Å²) < 4.78 is 5.27. The molecule has 0 bridgehead atoms. The smallest absolute Gasteiger partial charge is 0.304 e. The van der Waals surface area contributed by atoms with Gasteiger partial charge >= 0.3 is 5.97 Å². The van der Waals surface area contributed by atoms with Crippen molar-refractivity contribution in [2.75, 3.05) is 19.1 Å². The van der Waals surface area contributed by atoms with E-state index in [0.717, 1.165) is 33.7 Å². The summed E-state index contributed by atoms with van der Waals surface area (Å²) in [6.45, 7) is 0. The number of ether oxygens (including phenoxy) is 1. The fourth-order valence-electron chi connectivity index (χ4n) is 4.00. The van der Waals surface area contributed by atoms with Gasteiger partial charge in [0.1, 0.15) is 5.75 Å². The number of hydrogen-bond donors (Lipinski definition) is 1. The monoisotopic (exact) mass is 486 g/mol. The Morgan fingerprint density at radius 2 is 1.63 bits per heavy atom. The number of carbonyl (C=O) groups is 2. The molecule has 1 amide bonds. The van der Waals surface area contributed by atoms with Crippen molar-refractivity contribution in [1.82, 2.24) is 4.98 Å². The molecule has 0 aliphatic heterocycles. The lowest BCUT2D eigenvalue weighted by Gasteiger charge is -2.21. The number of anilines is 1. The van der Waals surface area contributed by atoms with Gasteiger partial charge in [-0.3, -0.25) is 14.5 Å². The van der Waals surface area contributed by atoms with Crippen molar-refractivity contribution in [2.24, 2.45) is 5.92 Å². The molecule has 0 saturated heterocycles. The van der Waals surface area contributed by atoms with Crippen molar-refractivity contribution in [2.45, 2.75) is 12.8 Å². The van der Waals surface area contributed by atoms with E-state index in [1.165, 1.54) is 16.2 Å². The number of aromatic nitrogens is 1. The van der Waals surface area contributed by atoms with Gasteiger partial charge in [-0.05, 0) is 35.2 Å². The molecule has 35 heavy (non-hydrogen) atoms. The lowest BCUT2D eigenvalue weighted by atomic mass is 9.95. The van der Waals surface area contributed by atoms with E-state index in [2.05, 4.69) is 0 Å². The third kappa shape index (κ3) is 5.75. The highest BCUT2D eigenvalue weighted by atomic mass is 32.1. The van der Waals surface area contributed by atoms with Gasteiger partial charge in [-0.15, -0.1) is 11.3 Å². The van der Waals surface area contributed by atoms with Crippen molar-refractivity contribution in [1.29, 1.82) is 0 Å². The molecule has 1 N–H and O–H groups in total. The van der Waals surface area contributed by atoms with Crippen LogP contribution in [-0.4, -0.2) is 36.1 Å². The van der Waals surface area contributed by atoms with Gasteiger partial charge in [0.2, 0.25) is 5.91 Å². The first-order valence-corrected chi connectivity index (χ1v) is 12.1. The van der Waals surface area contributed by atoms with E-state index < -0.39 is 11.9 Å². The van der Waals surface area contributed by atoms with Crippen LogP contribution in [0.5, 0.6) is 5.75 Å². The second kappa shape index (κ2) is 11.0. The lowest BCUT2D eigenvalue weighted by Crippen LogP contribution is -2.35. The summed E-state index contributed by atoms with van der Waals surface area (Å²) in [4.78, 5) is 31.0. The highest BCUT2D eigenvalue weighted by Crippen LogP contribution is 2.35. The number of carboxylic acid groups (broad SMARTS) is 1. The van der Waals surface area contributed by atoms with Crippen LogP contribution in [0.4, 0.5) is 5.13 Å². The van der Waals surface area contributed by atoms with Crippen LogP contribution in [0.1, 0.15) is 12.0 Å². The first-order chi connectivity index (χ1) is 17.0. The maximum atomic E-state index is 13.3. The summed E-state index contributed by atoms with van der Waals surface area (Å²) in [7, 11) is 3.29. The van der Waals surface area contributed by atoms with Crippen LogP contribution in [0.3, 0.4) is 0 Å². The summed E-state index contributed by atoms with van der Waals surface area (Å²) in [5.41, 5.74) is 4.69. The zero-order valence-electron chi connectivity index (χ0n) is 19.5. The van der Waals surface area contributed by atoms with E-state index in [4.69, 9.17) is 9.72 Å². The molecule has 0 fully saturated rings. The normalized spacial score (nSPS) is 11.6. The van der Waals surface area contributed by atoms with Crippen LogP contribution >= 0.6 is 11.3 Å². The molecule has 0 spiro atoms. The number of benzene rings is 3. The molecule has 4 rings (SSSR count). The number of methoxy groups -OCH3 is 1. The van der Waals surface area contributed by atoms with Gasteiger partial charge in [0.05, 0.1) is 25.1 Å². The van der Waals surface area contributed by atoms with Crippen LogP contribution in [0, 0.1) is 5.92 Å². The molecule has 0 aliphatic rings. The largest absolute Gasteiger partial charge is 0.497 e. The minimum Gasteiger partial charge on any atom is -0.497 e. The van der Waals surface area contributed by atoms with Crippen molar-refractivity contribution in [3.63, 3.8) is 0 Å². The number of nitrogens with zero attached hydrogens (tertiary/aromatic N) is 2. The number of hydrogen-bond acceptors (Lipinski definition) is 5. The third-order valence-corrected chi connectivity index (χ3v) is 6.73. The van der Waals surface area contributed by atoms with Crippen LogP contribution < -0.4 is 9.64 Å². The van der Waals surface area contributed by atoms with Crippen molar-refractivity contribution >= 4 is 28.3 Å². The molecule has 1 aromatic heterocycles.